The molecule has 1 unspecified atom stereocenters. The van der Waals surface area contributed by atoms with Gasteiger partial charge in [-0.1, -0.05) is 38.1 Å². The molecule has 0 spiro atoms. The lowest BCUT2D eigenvalue weighted by Gasteiger charge is -2.25. The van der Waals surface area contributed by atoms with Crippen LogP contribution in [0.5, 0.6) is 0 Å². The number of amides is 1. The van der Waals surface area contributed by atoms with Gasteiger partial charge in [0.05, 0.1) is 19.1 Å². The van der Waals surface area contributed by atoms with E-state index in [9.17, 15) is 9.59 Å². The Bertz CT molecular complexity index is 1050. The first-order valence-electron chi connectivity index (χ1n) is 12.2. The van der Waals surface area contributed by atoms with E-state index >= 15 is 4.39 Å². The van der Waals surface area contributed by atoms with Crippen molar-refractivity contribution in [3.63, 3.8) is 0 Å². The van der Waals surface area contributed by atoms with Gasteiger partial charge in [-0.2, -0.15) is 0 Å². The molecule has 0 radical (unpaired) electrons. The Hall–Kier alpha value is -3.15. The van der Waals surface area contributed by atoms with E-state index < -0.39 is 23.9 Å². The number of hydrogen-bond acceptors (Lipinski definition) is 4. The summed E-state index contributed by atoms with van der Waals surface area (Å²) in [5.41, 5.74) is 5.90. The third-order valence-electron chi connectivity index (χ3n) is 5.96. The van der Waals surface area contributed by atoms with E-state index in [0.29, 0.717) is 12.0 Å². The second-order valence-electron chi connectivity index (χ2n) is 9.59. The Morgan fingerprint density at radius 3 is 2.23 bits per heavy atom. The minimum Gasteiger partial charge on any atom is -0.466 e. The van der Waals surface area contributed by atoms with E-state index in [1.807, 2.05) is 40.7 Å². The van der Waals surface area contributed by atoms with Gasteiger partial charge in [-0.15, -0.1) is 0 Å². The molecule has 0 aromatic heterocycles. The van der Waals surface area contributed by atoms with Crippen LogP contribution in [0.4, 0.5) is 4.39 Å². The molecule has 5 nitrogen and oxygen atoms in total. The minimum absolute atomic E-state index is 0.173. The molecule has 0 saturated carbocycles. The largest absolute Gasteiger partial charge is 0.466 e. The molecule has 0 bridgehead atoms. The van der Waals surface area contributed by atoms with Crippen molar-refractivity contribution in [1.82, 2.24) is 10.6 Å². The maximum Gasteiger partial charge on any atom is 0.308 e. The fraction of sp³-hybridized carbons (Fsp3) is 0.448. The molecule has 2 aromatic carbocycles. The Morgan fingerprint density at radius 2 is 1.69 bits per heavy atom. The molecule has 1 amide bonds. The number of benzene rings is 2. The summed E-state index contributed by atoms with van der Waals surface area (Å²) in [6, 6.07) is 6.31. The zero-order valence-electron chi connectivity index (χ0n) is 22.0. The molecule has 6 heteroatoms. The molecule has 0 aliphatic rings. The third kappa shape index (κ3) is 7.41. The Labute approximate surface area is 209 Å². The van der Waals surface area contributed by atoms with Crippen LogP contribution in [0.1, 0.15) is 67.5 Å². The second-order valence-corrected chi connectivity index (χ2v) is 9.59. The smallest absolute Gasteiger partial charge is 0.308 e. The minimum atomic E-state index is -0.882. The number of nitrogens with one attached hydrogen (secondary N) is 2. The highest BCUT2D eigenvalue weighted by molar-refractivity contribution is 5.83. The number of halogens is 1. The van der Waals surface area contributed by atoms with Gasteiger partial charge in [0.1, 0.15) is 11.9 Å². The Balaban J connectivity index is 2.58. The van der Waals surface area contributed by atoms with Gasteiger partial charge in [-0.3, -0.25) is 9.59 Å². The zero-order chi connectivity index (χ0) is 26.3. The summed E-state index contributed by atoms with van der Waals surface area (Å²) in [5, 5.41) is 5.88. The van der Waals surface area contributed by atoms with Gasteiger partial charge in [0, 0.05) is 5.56 Å². The van der Waals surface area contributed by atoms with Crippen LogP contribution in [-0.2, 0) is 14.3 Å². The summed E-state index contributed by atoms with van der Waals surface area (Å²) in [6.45, 7) is 17.4. The van der Waals surface area contributed by atoms with Gasteiger partial charge < -0.3 is 15.4 Å². The molecule has 0 aliphatic heterocycles. The molecular weight excluding hydrogens is 443 g/mol. The van der Waals surface area contributed by atoms with Crippen LogP contribution in [0, 0.1) is 39.4 Å². The molecule has 2 atom stereocenters. The molecule has 0 aliphatic carbocycles. The summed E-state index contributed by atoms with van der Waals surface area (Å²) < 4.78 is 20.7. The monoisotopic (exact) mass is 482 g/mol. The average molecular weight is 483 g/mol. The van der Waals surface area contributed by atoms with Crippen molar-refractivity contribution < 1.29 is 18.7 Å². The van der Waals surface area contributed by atoms with Crippen molar-refractivity contribution in [1.29, 1.82) is 0 Å². The molecule has 0 heterocycles. The van der Waals surface area contributed by atoms with E-state index in [1.54, 1.807) is 19.9 Å². The van der Waals surface area contributed by atoms with Gasteiger partial charge >= 0.3 is 5.97 Å². The van der Waals surface area contributed by atoms with E-state index in [-0.39, 0.29) is 30.4 Å². The molecule has 2 N–H and O–H groups in total. The van der Waals surface area contributed by atoms with Gasteiger partial charge in [0.25, 0.3) is 0 Å². The maximum atomic E-state index is 15.5. The van der Waals surface area contributed by atoms with E-state index in [4.69, 9.17) is 4.74 Å². The normalized spacial score (nSPS) is 12.7. The van der Waals surface area contributed by atoms with Gasteiger partial charge in [0.2, 0.25) is 5.91 Å². The van der Waals surface area contributed by atoms with Crippen LogP contribution < -0.4 is 10.6 Å². The van der Waals surface area contributed by atoms with Crippen molar-refractivity contribution >= 4 is 11.9 Å². The molecule has 2 aromatic rings. The highest BCUT2D eigenvalue weighted by Gasteiger charge is 2.27. The predicted molar refractivity (Wildman–Crippen MR) is 139 cm³/mol. The first kappa shape index (κ1) is 28.1. The fourth-order valence-electron chi connectivity index (χ4n) is 4.59. The molecule has 35 heavy (non-hydrogen) atoms. The van der Waals surface area contributed by atoms with Crippen molar-refractivity contribution in [2.75, 3.05) is 6.61 Å². The number of rotatable bonds is 11. The van der Waals surface area contributed by atoms with Crippen LogP contribution in [0.3, 0.4) is 0 Å². The second kappa shape index (κ2) is 12.5. The number of carbonyl (C=O) groups excluding carboxylic acids is 2. The highest BCUT2D eigenvalue weighted by atomic mass is 19.1. The van der Waals surface area contributed by atoms with Gasteiger partial charge in [0.15, 0.2) is 0 Å². The quantitative estimate of drug-likeness (QED) is 0.386. The Morgan fingerprint density at radius 1 is 1.06 bits per heavy atom. The van der Waals surface area contributed by atoms with Crippen LogP contribution in [0.2, 0.25) is 0 Å². The molecule has 0 saturated heterocycles. The van der Waals surface area contributed by atoms with E-state index in [2.05, 4.69) is 29.3 Å². The van der Waals surface area contributed by atoms with E-state index in [1.165, 1.54) is 6.20 Å². The maximum absolute atomic E-state index is 15.5. The molecule has 0 fully saturated rings. The number of aryl methyl sites for hydroxylation is 4. The number of ether oxygens (including phenoxy) is 1. The lowest BCUT2D eigenvalue weighted by atomic mass is 9.89. The highest BCUT2D eigenvalue weighted by Crippen LogP contribution is 2.34. The summed E-state index contributed by atoms with van der Waals surface area (Å²) in [5.74, 6) is -1.02. The first-order valence-corrected chi connectivity index (χ1v) is 12.2. The molecule has 190 valence electrons. The first-order chi connectivity index (χ1) is 16.5. The summed E-state index contributed by atoms with van der Waals surface area (Å²) in [6.07, 6.45) is 1.86. The van der Waals surface area contributed by atoms with Crippen LogP contribution in [-0.4, -0.2) is 24.5 Å². The number of esters is 1. The van der Waals surface area contributed by atoms with Crippen LogP contribution in [0.15, 0.2) is 37.0 Å². The van der Waals surface area contributed by atoms with Crippen LogP contribution >= 0.6 is 0 Å². The standard InChI is InChI=1S/C29H39FN2O3/c1-9-31-25(11-17(3)4)29(34)32-24(16-26(33)35-10-2)23-15-22(14-21(8)28(23)30)27-19(6)12-18(5)13-20(27)7/h9,12-15,17,24-25,31H,1,10-11,16H2,2-8H3,(H,32,34)/t24-,25?/m0/s1. The van der Waals surface area contributed by atoms with Crippen LogP contribution in [0.25, 0.3) is 11.1 Å². The van der Waals surface area contributed by atoms with Crippen molar-refractivity contribution in [3.8, 4) is 11.1 Å². The van der Waals surface area contributed by atoms with Gasteiger partial charge in [-0.25, -0.2) is 4.39 Å². The predicted octanol–water partition coefficient (Wildman–Crippen LogP) is 5.98. The summed E-state index contributed by atoms with van der Waals surface area (Å²) >= 11 is 0. The van der Waals surface area contributed by atoms with E-state index in [0.717, 1.165) is 27.8 Å². The number of carbonyl (C=O) groups is 2. The summed E-state index contributed by atoms with van der Waals surface area (Å²) in [4.78, 5) is 25.6. The summed E-state index contributed by atoms with van der Waals surface area (Å²) in [7, 11) is 0. The van der Waals surface area contributed by atoms with Crippen molar-refractivity contribution in [2.24, 2.45) is 5.92 Å². The third-order valence-corrected chi connectivity index (χ3v) is 5.96. The number of hydrogen-bond donors (Lipinski definition) is 2. The SMILES string of the molecule is C=CNC(CC(C)C)C(=O)N[C@@H](CC(=O)OCC)c1cc(-c2c(C)cc(C)cc2C)cc(C)c1F. The fourth-order valence-corrected chi connectivity index (χ4v) is 4.59. The van der Waals surface area contributed by atoms with Crippen molar-refractivity contribution in [2.45, 2.75) is 73.4 Å². The lowest BCUT2D eigenvalue weighted by Crippen LogP contribution is -2.45. The zero-order valence-corrected chi connectivity index (χ0v) is 22.0. The molecular formula is C29H39FN2O3. The van der Waals surface area contributed by atoms with Crippen molar-refractivity contribution in [3.05, 3.63) is 70.7 Å². The van der Waals surface area contributed by atoms with Gasteiger partial charge in [-0.05, 0) is 93.1 Å². The Kier molecular flexibility index (Phi) is 10.1. The lowest BCUT2D eigenvalue weighted by molar-refractivity contribution is -0.143. The molecule has 2 rings (SSSR count). The average Bonchev–Trinajstić information content (AvgIpc) is 2.74. The topological polar surface area (TPSA) is 67.4 Å².